The third-order valence-electron chi connectivity index (χ3n) is 3.02. The highest BCUT2D eigenvalue weighted by Crippen LogP contribution is 2.25. The third kappa shape index (κ3) is 3.10. The maximum atomic E-state index is 11.4. The average molecular weight is 291 g/mol. The third-order valence-corrected chi connectivity index (χ3v) is 3.02. The van der Waals surface area contributed by atoms with Crippen molar-refractivity contribution in [3.8, 4) is 0 Å². The summed E-state index contributed by atoms with van der Waals surface area (Å²) in [6.07, 6.45) is 3.11. The standard InChI is InChI=1S/C13H17N5O3/c1-3-14-10(19)4-5-15-11-8-7-17-18(2)12(8)16-6-9(11)13(20)21/h6-7H,3-5H2,1-2H3,(H,14,19)(H,15,16)(H,20,21). The number of carboxylic acid groups (broad SMARTS) is 1. The van der Waals surface area contributed by atoms with Gasteiger partial charge in [0.05, 0.1) is 17.3 Å². The number of aromatic carboxylic acids is 1. The lowest BCUT2D eigenvalue weighted by Crippen LogP contribution is -2.25. The molecule has 2 aromatic rings. The molecule has 2 heterocycles. The van der Waals surface area contributed by atoms with E-state index in [1.807, 2.05) is 6.92 Å². The maximum Gasteiger partial charge on any atom is 0.339 e. The second-order valence-corrected chi connectivity index (χ2v) is 4.49. The molecule has 0 spiro atoms. The molecule has 2 aromatic heterocycles. The van der Waals surface area contributed by atoms with Crippen molar-refractivity contribution in [2.45, 2.75) is 13.3 Å². The number of nitrogens with zero attached hydrogens (tertiary/aromatic N) is 3. The zero-order valence-electron chi connectivity index (χ0n) is 11.9. The van der Waals surface area contributed by atoms with Gasteiger partial charge >= 0.3 is 5.97 Å². The molecule has 0 unspecified atom stereocenters. The van der Waals surface area contributed by atoms with Crippen LogP contribution in [0.15, 0.2) is 12.4 Å². The molecule has 0 aliphatic rings. The summed E-state index contributed by atoms with van der Waals surface area (Å²) in [7, 11) is 1.73. The van der Waals surface area contributed by atoms with E-state index in [4.69, 9.17) is 0 Å². The zero-order chi connectivity index (χ0) is 15.4. The smallest absolute Gasteiger partial charge is 0.339 e. The summed E-state index contributed by atoms with van der Waals surface area (Å²) in [4.78, 5) is 26.8. The van der Waals surface area contributed by atoms with Gasteiger partial charge in [-0.15, -0.1) is 0 Å². The Labute approximate surface area is 121 Å². The second-order valence-electron chi connectivity index (χ2n) is 4.49. The van der Waals surface area contributed by atoms with Crippen LogP contribution in [0.2, 0.25) is 0 Å². The summed E-state index contributed by atoms with van der Waals surface area (Å²) in [5.41, 5.74) is 1.08. The van der Waals surface area contributed by atoms with Crippen molar-refractivity contribution in [2.75, 3.05) is 18.4 Å². The molecular weight excluding hydrogens is 274 g/mol. The first-order chi connectivity index (χ1) is 10.0. The van der Waals surface area contributed by atoms with E-state index in [0.29, 0.717) is 29.8 Å². The molecule has 0 atom stereocenters. The van der Waals surface area contributed by atoms with Gasteiger partial charge in [0.15, 0.2) is 5.65 Å². The number of fused-ring (bicyclic) bond motifs is 1. The zero-order valence-corrected chi connectivity index (χ0v) is 11.9. The highest BCUT2D eigenvalue weighted by molar-refractivity contribution is 6.03. The first-order valence-corrected chi connectivity index (χ1v) is 6.59. The van der Waals surface area contributed by atoms with Gasteiger partial charge < -0.3 is 15.7 Å². The summed E-state index contributed by atoms with van der Waals surface area (Å²) < 4.78 is 1.57. The molecule has 8 heteroatoms. The lowest BCUT2D eigenvalue weighted by molar-refractivity contribution is -0.120. The van der Waals surface area contributed by atoms with Gasteiger partial charge in [0.2, 0.25) is 5.91 Å². The van der Waals surface area contributed by atoms with Crippen molar-refractivity contribution in [2.24, 2.45) is 7.05 Å². The van der Waals surface area contributed by atoms with E-state index in [9.17, 15) is 14.7 Å². The number of nitrogens with one attached hydrogen (secondary N) is 2. The lowest BCUT2D eigenvalue weighted by atomic mass is 10.2. The molecule has 3 N–H and O–H groups in total. The van der Waals surface area contributed by atoms with Crippen molar-refractivity contribution in [3.05, 3.63) is 18.0 Å². The van der Waals surface area contributed by atoms with Crippen molar-refractivity contribution in [1.29, 1.82) is 0 Å². The van der Waals surface area contributed by atoms with Crippen LogP contribution in [0.1, 0.15) is 23.7 Å². The van der Waals surface area contributed by atoms with Crippen molar-refractivity contribution in [1.82, 2.24) is 20.1 Å². The van der Waals surface area contributed by atoms with Gasteiger partial charge in [0.1, 0.15) is 5.56 Å². The Morgan fingerprint density at radius 1 is 1.38 bits per heavy atom. The molecule has 112 valence electrons. The number of pyridine rings is 1. The van der Waals surface area contributed by atoms with E-state index in [-0.39, 0.29) is 17.9 Å². The first-order valence-electron chi connectivity index (χ1n) is 6.59. The number of carbonyl (C=O) groups is 2. The van der Waals surface area contributed by atoms with E-state index in [1.165, 1.54) is 6.20 Å². The lowest BCUT2D eigenvalue weighted by Gasteiger charge is -2.10. The number of aryl methyl sites for hydroxylation is 1. The number of carbonyl (C=O) groups excluding carboxylic acids is 1. The van der Waals surface area contributed by atoms with E-state index < -0.39 is 5.97 Å². The summed E-state index contributed by atoms with van der Waals surface area (Å²) in [6, 6.07) is 0. The number of hydrogen-bond donors (Lipinski definition) is 3. The van der Waals surface area contributed by atoms with Crippen molar-refractivity contribution in [3.63, 3.8) is 0 Å². The fourth-order valence-electron chi connectivity index (χ4n) is 2.04. The molecule has 0 fully saturated rings. The Bertz CT molecular complexity index is 680. The van der Waals surface area contributed by atoms with Crippen LogP contribution in [0.25, 0.3) is 11.0 Å². The highest BCUT2D eigenvalue weighted by atomic mass is 16.4. The monoisotopic (exact) mass is 291 g/mol. The van der Waals surface area contributed by atoms with Gasteiger partial charge in [-0.1, -0.05) is 0 Å². The van der Waals surface area contributed by atoms with E-state index >= 15 is 0 Å². The van der Waals surface area contributed by atoms with E-state index in [0.717, 1.165) is 0 Å². The fourth-order valence-corrected chi connectivity index (χ4v) is 2.04. The van der Waals surface area contributed by atoms with Crippen molar-refractivity contribution < 1.29 is 14.7 Å². The quantitative estimate of drug-likeness (QED) is 0.719. The van der Waals surface area contributed by atoms with Crippen LogP contribution in [0, 0.1) is 0 Å². The number of hydrogen-bond acceptors (Lipinski definition) is 5. The topological polar surface area (TPSA) is 109 Å². The van der Waals surface area contributed by atoms with Crippen LogP contribution >= 0.6 is 0 Å². The Morgan fingerprint density at radius 3 is 2.81 bits per heavy atom. The van der Waals surface area contributed by atoms with Gasteiger partial charge in [-0.25, -0.2) is 9.78 Å². The highest BCUT2D eigenvalue weighted by Gasteiger charge is 2.16. The molecule has 8 nitrogen and oxygen atoms in total. The minimum Gasteiger partial charge on any atom is -0.478 e. The molecule has 21 heavy (non-hydrogen) atoms. The van der Waals surface area contributed by atoms with Gasteiger partial charge in [-0.3, -0.25) is 9.48 Å². The SMILES string of the molecule is CCNC(=O)CCNc1c(C(=O)O)cnc2c1cnn2C. The van der Waals surface area contributed by atoms with Gasteiger partial charge in [0, 0.05) is 32.8 Å². The molecule has 1 amide bonds. The predicted molar refractivity (Wildman–Crippen MR) is 77.3 cm³/mol. The minimum atomic E-state index is -1.08. The molecule has 0 radical (unpaired) electrons. The Kier molecular flexibility index (Phi) is 4.36. The molecule has 0 aliphatic heterocycles. The molecule has 0 saturated carbocycles. The van der Waals surface area contributed by atoms with Crippen LogP contribution in [0.4, 0.5) is 5.69 Å². The van der Waals surface area contributed by atoms with E-state index in [2.05, 4.69) is 20.7 Å². The Balaban J connectivity index is 2.25. The van der Waals surface area contributed by atoms with Crippen molar-refractivity contribution >= 4 is 28.6 Å². The van der Waals surface area contributed by atoms with E-state index in [1.54, 1.807) is 17.9 Å². The molecule has 2 rings (SSSR count). The minimum absolute atomic E-state index is 0.0615. The molecule has 0 aliphatic carbocycles. The van der Waals surface area contributed by atoms with Crippen LogP contribution < -0.4 is 10.6 Å². The normalized spacial score (nSPS) is 10.6. The average Bonchev–Trinajstić information content (AvgIpc) is 2.81. The van der Waals surface area contributed by atoms with Gasteiger partial charge in [-0.05, 0) is 6.92 Å². The van der Waals surface area contributed by atoms with Gasteiger partial charge in [0.25, 0.3) is 0 Å². The summed E-state index contributed by atoms with van der Waals surface area (Å²) >= 11 is 0. The fraction of sp³-hybridized carbons (Fsp3) is 0.385. The Morgan fingerprint density at radius 2 is 2.14 bits per heavy atom. The predicted octanol–water partition coefficient (Wildman–Crippen LogP) is 0.605. The summed E-state index contributed by atoms with van der Waals surface area (Å²) in [5, 5.41) is 19.6. The molecular formula is C13H17N5O3. The number of rotatable bonds is 6. The second kappa shape index (κ2) is 6.21. The number of amides is 1. The van der Waals surface area contributed by atoms with Crippen LogP contribution in [-0.2, 0) is 11.8 Å². The first kappa shape index (κ1) is 14.8. The summed E-state index contributed by atoms with van der Waals surface area (Å²) in [5.74, 6) is -1.16. The summed E-state index contributed by atoms with van der Waals surface area (Å²) in [6.45, 7) is 2.75. The Hall–Kier alpha value is -2.64. The number of aromatic nitrogens is 3. The van der Waals surface area contributed by atoms with Crippen LogP contribution in [-0.4, -0.2) is 44.8 Å². The maximum absolute atomic E-state index is 11.4. The van der Waals surface area contributed by atoms with Gasteiger partial charge in [-0.2, -0.15) is 5.10 Å². The van der Waals surface area contributed by atoms with Crippen LogP contribution in [0.3, 0.4) is 0 Å². The number of anilines is 1. The van der Waals surface area contributed by atoms with Crippen LogP contribution in [0.5, 0.6) is 0 Å². The molecule has 0 saturated heterocycles. The largest absolute Gasteiger partial charge is 0.478 e. The molecule has 0 bridgehead atoms. The molecule has 0 aromatic carbocycles. The number of carboxylic acids is 1.